The fourth-order valence-corrected chi connectivity index (χ4v) is 0.703. The minimum atomic E-state index is 0.0979. The number of hydrogen-bond acceptors (Lipinski definition) is 2. The van der Waals surface area contributed by atoms with Crippen LogP contribution in [0.4, 0.5) is 0 Å². The molecule has 0 fully saturated rings. The molecule has 0 aliphatic carbocycles. The lowest BCUT2D eigenvalue weighted by molar-refractivity contribution is 0.342. The second-order valence-electron chi connectivity index (χ2n) is 1.94. The van der Waals surface area contributed by atoms with Gasteiger partial charge in [0, 0.05) is 6.42 Å². The van der Waals surface area contributed by atoms with Gasteiger partial charge in [0.25, 0.3) is 0 Å². The average Bonchev–Trinajstić information content (AvgIpc) is 2.41. The van der Waals surface area contributed by atoms with E-state index in [2.05, 4.69) is 0 Å². The maximum atomic E-state index is 8.38. The van der Waals surface area contributed by atoms with Crippen LogP contribution in [0.1, 0.15) is 5.76 Å². The van der Waals surface area contributed by atoms with Crippen LogP contribution >= 0.6 is 0 Å². The summed E-state index contributed by atoms with van der Waals surface area (Å²) in [6.45, 7) is 0.0979. The zero-order valence-corrected chi connectivity index (χ0v) is 5.66. The van der Waals surface area contributed by atoms with Crippen molar-refractivity contribution in [2.24, 2.45) is 0 Å². The molecule has 2 heteroatoms. The van der Waals surface area contributed by atoms with Crippen molar-refractivity contribution in [1.82, 2.24) is 0 Å². The van der Waals surface area contributed by atoms with E-state index in [1.165, 1.54) is 0 Å². The molecule has 0 radical (unpaired) electrons. The third-order valence-corrected chi connectivity index (χ3v) is 1.17. The summed E-state index contributed by atoms with van der Waals surface area (Å²) in [5.74, 6) is 0.921. The van der Waals surface area contributed by atoms with Crippen molar-refractivity contribution in [3.05, 3.63) is 36.3 Å². The van der Waals surface area contributed by atoms with Crippen molar-refractivity contribution in [1.29, 1.82) is 0 Å². The van der Waals surface area contributed by atoms with Gasteiger partial charge in [-0.05, 0) is 12.1 Å². The first-order chi connectivity index (χ1) is 4.93. The van der Waals surface area contributed by atoms with Gasteiger partial charge in [0.05, 0.1) is 12.9 Å². The van der Waals surface area contributed by atoms with E-state index >= 15 is 0 Å². The highest BCUT2D eigenvalue weighted by molar-refractivity contribution is 5.03. The number of allylic oxidation sites excluding steroid dienone is 1. The van der Waals surface area contributed by atoms with Crippen molar-refractivity contribution in [3.63, 3.8) is 0 Å². The Labute approximate surface area is 59.8 Å². The molecule has 0 aliphatic rings. The third-order valence-electron chi connectivity index (χ3n) is 1.17. The molecule has 1 aromatic rings. The topological polar surface area (TPSA) is 33.4 Å². The number of aliphatic hydroxyl groups excluding tert-OH is 1. The minimum absolute atomic E-state index is 0.0979. The standard InChI is InChI=1S/C8H10O2/c9-6-2-1-4-8-5-3-7-10-8/h1-3,5,7,9H,4,6H2/b2-1+. The number of rotatable bonds is 3. The maximum Gasteiger partial charge on any atom is 0.107 e. The largest absolute Gasteiger partial charge is 0.469 e. The van der Waals surface area contributed by atoms with Crippen molar-refractivity contribution in [3.8, 4) is 0 Å². The highest BCUT2D eigenvalue weighted by atomic mass is 16.3. The molecule has 0 saturated carbocycles. The van der Waals surface area contributed by atoms with Crippen molar-refractivity contribution < 1.29 is 9.52 Å². The van der Waals surface area contributed by atoms with E-state index in [1.807, 2.05) is 18.2 Å². The Hall–Kier alpha value is -1.02. The molecular formula is C8H10O2. The first kappa shape index (κ1) is 7.09. The summed E-state index contributed by atoms with van der Waals surface area (Å²) in [6, 6.07) is 3.75. The van der Waals surface area contributed by atoms with Crippen LogP contribution in [0.2, 0.25) is 0 Å². The van der Waals surface area contributed by atoms with Gasteiger partial charge in [-0.3, -0.25) is 0 Å². The Morgan fingerprint density at radius 3 is 3.00 bits per heavy atom. The summed E-state index contributed by atoms with van der Waals surface area (Å²) in [5.41, 5.74) is 0. The Morgan fingerprint density at radius 1 is 1.50 bits per heavy atom. The van der Waals surface area contributed by atoms with Crippen LogP contribution in [0.5, 0.6) is 0 Å². The SMILES string of the molecule is OC/C=C/Cc1ccco1. The zero-order chi connectivity index (χ0) is 7.23. The fraction of sp³-hybridized carbons (Fsp3) is 0.250. The molecule has 10 heavy (non-hydrogen) atoms. The molecule has 0 aromatic carbocycles. The van der Waals surface area contributed by atoms with Gasteiger partial charge < -0.3 is 9.52 Å². The van der Waals surface area contributed by atoms with Gasteiger partial charge >= 0.3 is 0 Å². The summed E-state index contributed by atoms with van der Waals surface area (Å²) in [6.07, 6.45) is 5.97. The van der Waals surface area contributed by atoms with Crippen LogP contribution in [-0.2, 0) is 6.42 Å². The van der Waals surface area contributed by atoms with Gasteiger partial charge in [-0.1, -0.05) is 12.2 Å². The van der Waals surface area contributed by atoms with Crippen molar-refractivity contribution in [2.45, 2.75) is 6.42 Å². The van der Waals surface area contributed by atoms with Crippen LogP contribution in [0, 0.1) is 0 Å². The summed E-state index contributed by atoms with van der Waals surface area (Å²) in [7, 11) is 0. The molecule has 0 aliphatic heterocycles. The predicted octanol–water partition coefficient (Wildman–Crippen LogP) is 1.37. The van der Waals surface area contributed by atoms with E-state index in [4.69, 9.17) is 9.52 Å². The molecule has 54 valence electrons. The lowest BCUT2D eigenvalue weighted by Crippen LogP contribution is -1.76. The van der Waals surface area contributed by atoms with Crippen molar-refractivity contribution >= 4 is 0 Å². The first-order valence-corrected chi connectivity index (χ1v) is 3.21. The van der Waals surface area contributed by atoms with Gasteiger partial charge in [0.2, 0.25) is 0 Å². The normalized spacial score (nSPS) is 10.9. The third kappa shape index (κ3) is 2.07. The smallest absolute Gasteiger partial charge is 0.107 e. The molecule has 0 saturated heterocycles. The van der Waals surface area contributed by atoms with E-state index < -0.39 is 0 Å². The molecule has 1 heterocycles. The fourth-order valence-electron chi connectivity index (χ4n) is 0.703. The highest BCUT2D eigenvalue weighted by Gasteiger charge is 1.88. The lowest BCUT2D eigenvalue weighted by atomic mass is 10.3. The summed E-state index contributed by atoms with van der Waals surface area (Å²) < 4.78 is 5.05. The van der Waals surface area contributed by atoms with E-state index in [9.17, 15) is 0 Å². The van der Waals surface area contributed by atoms with E-state index in [1.54, 1.807) is 12.3 Å². The second kappa shape index (κ2) is 3.90. The Morgan fingerprint density at radius 2 is 2.40 bits per heavy atom. The summed E-state index contributed by atoms with van der Waals surface area (Å²) in [4.78, 5) is 0. The van der Waals surface area contributed by atoms with Crippen molar-refractivity contribution in [2.75, 3.05) is 6.61 Å². The van der Waals surface area contributed by atoms with Gasteiger partial charge in [-0.2, -0.15) is 0 Å². The number of aliphatic hydroxyl groups is 1. The molecule has 1 N–H and O–H groups in total. The lowest BCUT2D eigenvalue weighted by Gasteiger charge is -1.85. The van der Waals surface area contributed by atoms with E-state index in [0.29, 0.717) is 0 Å². The van der Waals surface area contributed by atoms with Gasteiger partial charge in [-0.15, -0.1) is 0 Å². The molecule has 2 nitrogen and oxygen atoms in total. The Bertz CT molecular complexity index is 187. The van der Waals surface area contributed by atoms with E-state index in [-0.39, 0.29) is 6.61 Å². The minimum Gasteiger partial charge on any atom is -0.469 e. The monoisotopic (exact) mass is 138 g/mol. The quantitative estimate of drug-likeness (QED) is 0.640. The summed E-state index contributed by atoms with van der Waals surface area (Å²) >= 11 is 0. The molecule has 1 rings (SSSR count). The number of hydrogen-bond donors (Lipinski definition) is 1. The van der Waals surface area contributed by atoms with Crippen LogP contribution in [0.15, 0.2) is 35.0 Å². The maximum absolute atomic E-state index is 8.38. The summed E-state index contributed by atoms with van der Waals surface area (Å²) in [5, 5.41) is 8.38. The average molecular weight is 138 g/mol. The highest BCUT2D eigenvalue weighted by Crippen LogP contribution is 2.00. The first-order valence-electron chi connectivity index (χ1n) is 3.21. The molecule has 0 amide bonds. The number of furan rings is 1. The van der Waals surface area contributed by atoms with Gasteiger partial charge in [0.15, 0.2) is 0 Å². The zero-order valence-electron chi connectivity index (χ0n) is 5.66. The van der Waals surface area contributed by atoms with Crippen LogP contribution in [-0.4, -0.2) is 11.7 Å². The van der Waals surface area contributed by atoms with Gasteiger partial charge in [-0.25, -0.2) is 0 Å². The van der Waals surface area contributed by atoms with Gasteiger partial charge in [0.1, 0.15) is 5.76 Å². The van der Waals surface area contributed by atoms with Crippen LogP contribution < -0.4 is 0 Å². The molecule has 0 atom stereocenters. The predicted molar refractivity (Wildman–Crippen MR) is 38.6 cm³/mol. The molecule has 0 unspecified atom stereocenters. The van der Waals surface area contributed by atoms with Crippen LogP contribution in [0.3, 0.4) is 0 Å². The Kier molecular flexibility index (Phi) is 2.77. The van der Waals surface area contributed by atoms with E-state index in [0.717, 1.165) is 12.2 Å². The molecule has 0 bridgehead atoms. The second-order valence-corrected chi connectivity index (χ2v) is 1.94. The Balaban J connectivity index is 2.34. The molecule has 1 aromatic heterocycles. The van der Waals surface area contributed by atoms with Crippen LogP contribution in [0.25, 0.3) is 0 Å². The molecular weight excluding hydrogens is 128 g/mol. The molecule has 0 spiro atoms.